The summed E-state index contributed by atoms with van der Waals surface area (Å²) in [5.41, 5.74) is 1.22. The van der Waals surface area contributed by atoms with Gasteiger partial charge in [0.1, 0.15) is 11.5 Å². The van der Waals surface area contributed by atoms with Crippen LogP contribution in [-0.2, 0) is 0 Å². The van der Waals surface area contributed by atoms with Gasteiger partial charge in [0.2, 0.25) is 0 Å². The van der Waals surface area contributed by atoms with E-state index in [0.29, 0.717) is 23.5 Å². The second kappa shape index (κ2) is 6.37. The molecule has 7 heteroatoms. The van der Waals surface area contributed by atoms with Gasteiger partial charge in [-0.05, 0) is 44.9 Å². The van der Waals surface area contributed by atoms with Gasteiger partial charge in [-0.2, -0.15) is 5.10 Å². The number of carbonyl (C=O) groups is 1. The summed E-state index contributed by atoms with van der Waals surface area (Å²) in [6.45, 7) is 3.77. The highest BCUT2D eigenvalue weighted by Gasteiger charge is 2.39. The van der Waals surface area contributed by atoms with Crippen LogP contribution in [0.3, 0.4) is 0 Å². The maximum atomic E-state index is 12.8. The number of aromatic nitrogens is 2. The molecule has 124 valence electrons. The molecule has 6 nitrogen and oxygen atoms in total. The zero-order valence-electron chi connectivity index (χ0n) is 13.0. The number of H-pyrrole nitrogens is 1. The number of aryl methyl sites for hydroxylation is 1. The number of rotatable bonds is 2. The van der Waals surface area contributed by atoms with Gasteiger partial charge in [-0.3, -0.25) is 9.89 Å². The molecule has 2 saturated heterocycles. The minimum Gasteiger partial charge on any atom is -0.460 e. The molecule has 2 N–H and O–H groups in total. The predicted molar refractivity (Wildman–Crippen MR) is 88.7 cm³/mol. The fraction of sp³-hybridized carbons (Fsp3) is 0.500. The lowest BCUT2D eigenvalue weighted by Gasteiger charge is -2.26. The molecule has 23 heavy (non-hydrogen) atoms. The van der Waals surface area contributed by atoms with E-state index < -0.39 is 0 Å². The Kier molecular flexibility index (Phi) is 4.46. The zero-order valence-corrected chi connectivity index (χ0v) is 13.9. The van der Waals surface area contributed by atoms with E-state index >= 15 is 0 Å². The van der Waals surface area contributed by atoms with Crippen molar-refractivity contribution in [2.45, 2.75) is 38.3 Å². The molecule has 1 amide bonds. The highest BCUT2D eigenvalue weighted by molar-refractivity contribution is 5.94. The standard InChI is InChI=1S/C16H20N4O2.ClH/c1-10-2-5-15(22-10)13-8-14(19-18-13)16(21)20-11-3-4-12(20)9-17-7-6-11;/h2,5,8,11-12,17H,3-4,6-7,9H2,1H3,(H,18,19);1H. The van der Waals surface area contributed by atoms with E-state index in [4.69, 9.17) is 4.42 Å². The van der Waals surface area contributed by atoms with Crippen molar-refractivity contribution in [2.75, 3.05) is 13.1 Å². The molecule has 2 aliphatic rings. The van der Waals surface area contributed by atoms with Crippen LogP contribution in [0.25, 0.3) is 11.5 Å². The first kappa shape index (κ1) is 16.1. The number of fused-ring (bicyclic) bond motifs is 2. The summed E-state index contributed by atoms with van der Waals surface area (Å²) in [5.74, 6) is 1.58. The smallest absolute Gasteiger partial charge is 0.274 e. The maximum absolute atomic E-state index is 12.8. The van der Waals surface area contributed by atoms with Gasteiger partial charge in [0.05, 0.1) is 0 Å². The molecule has 4 rings (SSSR count). The van der Waals surface area contributed by atoms with Gasteiger partial charge in [0.15, 0.2) is 11.5 Å². The van der Waals surface area contributed by atoms with Crippen LogP contribution in [0.1, 0.15) is 35.5 Å². The molecule has 2 atom stereocenters. The first-order valence-corrected chi connectivity index (χ1v) is 7.88. The van der Waals surface area contributed by atoms with E-state index in [1.165, 1.54) is 0 Å². The van der Waals surface area contributed by atoms with E-state index in [1.54, 1.807) is 6.07 Å². The molecule has 2 fully saturated rings. The van der Waals surface area contributed by atoms with Gasteiger partial charge in [0, 0.05) is 24.7 Å². The molecule has 0 radical (unpaired) electrons. The second-order valence-electron chi connectivity index (χ2n) is 6.17. The van der Waals surface area contributed by atoms with Crippen LogP contribution in [-0.4, -0.2) is 46.2 Å². The summed E-state index contributed by atoms with van der Waals surface area (Å²) in [5, 5.41) is 10.5. The van der Waals surface area contributed by atoms with Crippen LogP contribution >= 0.6 is 12.4 Å². The third-order valence-electron chi connectivity index (χ3n) is 4.69. The number of hydrogen-bond donors (Lipinski definition) is 2. The fourth-order valence-corrected chi connectivity index (χ4v) is 3.58. The van der Waals surface area contributed by atoms with E-state index in [2.05, 4.69) is 15.5 Å². The van der Waals surface area contributed by atoms with Gasteiger partial charge in [-0.1, -0.05) is 0 Å². The third-order valence-corrected chi connectivity index (χ3v) is 4.69. The van der Waals surface area contributed by atoms with Crippen molar-refractivity contribution in [3.8, 4) is 11.5 Å². The zero-order chi connectivity index (χ0) is 15.1. The summed E-state index contributed by atoms with van der Waals surface area (Å²) in [6.07, 6.45) is 3.21. The first-order valence-electron chi connectivity index (χ1n) is 7.88. The van der Waals surface area contributed by atoms with Gasteiger partial charge in [-0.25, -0.2) is 0 Å². The van der Waals surface area contributed by atoms with Crippen LogP contribution in [0.15, 0.2) is 22.6 Å². The molecule has 2 aliphatic heterocycles. The minimum absolute atomic E-state index is 0. The Morgan fingerprint density at radius 3 is 2.91 bits per heavy atom. The lowest BCUT2D eigenvalue weighted by Crippen LogP contribution is -2.42. The highest BCUT2D eigenvalue weighted by atomic mass is 35.5. The molecular weight excluding hydrogens is 316 g/mol. The number of hydrogen-bond acceptors (Lipinski definition) is 4. The topological polar surface area (TPSA) is 74.2 Å². The van der Waals surface area contributed by atoms with Crippen molar-refractivity contribution in [3.63, 3.8) is 0 Å². The summed E-state index contributed by atoms with van der Waals surface area (Å²) in [4.78, 5) is 14.9. The number of nitrogens with one attached hydrogen (secondary N) is 2. The summed E-state index contributed by atoms with van der Waals surface area (Å²) < 4.78 is 5.58. The number of aromatic amines is 1. The molecule has 2 unspecified atom stereocenters. The van der Waals surface area contributed by atoms with Crippen molar-refractivity contribution >= 4 is 18.3 Å². The molecule has 2 aromatic heterocycles. The number of furan rings is 1. The minimum atomic E-state index is 0. The van der Waals surface area contributed by atoms with Crippen LogP contribution in [0.2, 0.25) is 0 Å². The van der Waals surface area contributed by atoms with Crippen molar-refractivity contribution in [1.29, 1.82) is 0 Å². The van der Waals surface area contributed by atoms with E-state index in [0.717, 1.165) is 43.8 Å². The van der Waals surface area contributed by atoms with E-state index in [9.17, 15) is 4.79 Å². The third kappa shape index (κ3) is 2.88. The molecule has 0 aliphatic carbocycles. The fourth-order valence-electron chi connectivity index (χ4n) is 3.58. The van der Waals surface area contributed by atoms with Crippen LogP contribution < -0.4 is 5.32 Å². The monoisotopic (exact) mass is 336 g/mol. The lowest BCUT2D eigenvalue weighted by atomic mass is 10.1. The summed E-state index contributed by atoms with van der Waals surface area (Å²) in [7, 11) is 0. The Morgan fingerprint density at radius 2 is 2.13 bits per heavy atom. The Bertz CT molecular complexity index is 682. The van der Waals surface area contributed by atoms with Gasteiger partial charge in [0.25, 0.3) is 5.91 Å². The molecule has 4 heterocycles. The largest absolute Gasteiger partial charge is 0.460 e. The molecule has 0 spiro atoms. The average Bonchev–Trinajstić information content (AvgIpc) is 3.16. The lowest BCUT2D eigenvalue weighted by molar-refractivity contribution is 0.0674. The molecular formula is C16H21ClN4O2. The normalized spacial score (nSPS) is 23.4. The number of carbonyl (C=O) groups excluding carboxylic acids is 1. The number of nitrogens with zero attached hydrogens (tertiary/aromatic N) is 2. The Morgan fingerprint density at radius 1 is 1.30 bits per heavy atom. The van der Waals surface area contributed by atoms with Crippen molar-refractivity contribution in [1.82, 2.24) is 20.4 Å². The van der Waals surface area contributed by atoms with Crippen molar-refractivity contribution < 1.29 is 9.21 Å². The molecule has 2 bridgehead atoms. The molecule has 0 aromatic carbocycles. The van der Waals surface area contributed by atoms with Crippen LogP contribution in [0.4, 0.5) is 0 Å². The highest BCUT2D eigenvalue weighted by Crippen LogP contribution is 2.30. The predicted octanol–water partition coefficient (Wildman–Crippen LogP) is 2.37. The second-order valence-corrected chi connectivity index (χ2v) is 6.17. The van der Waals surface area contributed by atoms with Crippen molar-refractivity contribution in [2.24, 2.45) is 0 Å². The quantitative estimate of drug-likeness (QED) is 0.883. The Hall–Kier alpha value is -1.79. The summed E-state index contributed by atoms with van der Waals surface area (Å²) in [6, 6.07) is 6.22. The SMILES string of the molecule is Cc1ccc(-c2cc(C(=O)N3C4CCNCC3CC4)n[nH]2)o1.Cl. The van der Waals surface area contributed by atoms with Crippen LogP contribution in [0, 0.1) is 6.92 Å². The average molecular weight is 337 g/mol. The van der Waals surface area contributed by atoms with Gasteiger partial charge in [-0.15, -0.1) is 12.4 Å². The van der Waals surface area contributed by atoms with E-state index in [-0.39, 0.29) is 18.3 Å². The first-order chi connectivity index (χ1) is 10.7. The van der Waals surface area contributed by atoms with Crippen molar-refractivity contribution in [3.05, 3.63) is 29.7 Å². The van der Waals surface area contributed by atoms with Gasteiger partial charge >= 0.3 is 0 Å². The number of halogens is 1. The molecule has 0 saturated carbocycles. The maximum Gasteiger partial charge on any atom is 0.274 e. The van der Waals surface area contributed by atoms with Crippen LogP contribution in [0.5, 0.6) is 0 Å². The Labute approximate surface area is 141 Å². The van der Waals surface area contributed by atoms with Gasteiger partial charge < -0.3 is 14.6 Å². The Balaban J connectivity index is 0.00000156. The summed E-state index contributed by atoms with van der Waals surface area (Å²) >= 11 is 0. The number of amides is 1. The molecule has 2 aromatic rings. The van der Waals surface area contributed by atoms with E-state index in [1.807, 2.05) is 24.0 Å².